The largest absolute Gasteiger partial charge is 0.481 e. The van der Waals surface area contributed by atoms with Crippen LogP contribution in [0, 0.1) is 0 Å². The van der Waals surface area contributed by atoms with E-state index < -0.39 is 11.5 Å². The van der Waals surface area contributed by atoms with Crippen LogP contribution in [0.15, 0.2) is 18.5 Å². The number of hydrogen-bond acceptors (Lipinski definition) is 3. The van der Waals surface area contributed by atoms with E-state index in [1.807, 2.05) is 0 Å². The molecule has 0 aromatic carbocycles. The van der Waals surface area contributed by atoms with E-state index in [2.05, 4.69) is 4.98 Å². The summed E-state index contributed by atoms with van der Waals surface area (Å²) in [4.78, 5) is 14.4. The molecule has 0 fully saturated rings. The summed E-state index contributed by atoms with van der Waals surface area (Å²) in [7, 11) is 0. The maximum atomic E-state index is 10.6. The first-order chi connectivity index (χ1) is 6.43. The molecule has 1 rings (SSSR count). The maximum absolute atomic E-state index is 10.6. The SMILES string of the molecule is C[C@](N)(CC(=O)O)c1ccncc1Cl. The van der Waals surface area contributed by atoms with Gasteiger partial charge in [0.05, 0.1) is 17.0 Å². The Morgan fingerprint density at radius 1 is 1.79 bits per heavy atom. The van der Waals surface area contributed by atoms with Crippen LogP contribution < -0.4 is 5.73 Å². The van der Waals surface area contributed by atoms with Gasteiger partial charge in [-0.1, -0.05) is 11.6 Å². The minimum Gasteiger partial charge on any atom is -0.481 e. The average Bonchev–Trinajstić information content (AvgIpc) is 2.02. The van der Waals surface area contributed by atoms with Crippen LogP contribution in [0.5, 0.6) is 0 Å². The average molecular weight is 215 g/mol. The summed E-state index contributed by atoms with van der Waals surface area (Å²) in [6, 6.07) is 1.63. The highest BCUT2D eigenvalue weighted by atomic mass is 35.5. The molecule has 0 spiro atoms. The van der Waals surface area contributed by atoms with E-state index in [1.54, 1.807) is 13.0 Å². The number of nitrogens with zero attached hydrogens (tertiary/aromatic N) is 1. The van der Waals surface area contributed by atoms with Crippen LogP contribution in [-0.2, 0) is 10.3 Å². The van der Waals surface area contributed by atoms with Crippen molar-refractivity contribution in [3.05, 3.63) is 29.0 Å². The molecule has 1 heterocycles. The number of halogens is 1. The lowest BCUT2D eigenvalue weighted by atomic mass is 9.90. The minimum absolute atomic E-state index is 0.170. The normalized spacial score (nSPS) is 14.8. The number of rotatable bonds is 3. The Balaban J connectivity index is 3.03. The van der Waals surface area contributed by atoms with Gasteiger partial charge >= 0.3 is 5.97 Å². The number of carboxylic acid groups (broad SMARTS) is 1. The zero-order chi connectivity index (χ0) is 10.8. The van der Waals surface area contributed by atoms with Crippen LogP contribution in [0.1, 0.15) is 18.9 Å². The molecule has 5 heteroatoms. The van der Waals surface area contributed by atoms with Crippen molar-refractivity contribution in [1.82, 2.24) is 4.98 Å². The number of nitrogens with two attached hydrogens (primary N) is 1. The second-order valence-corrected chi connectivity index (χ2v) is 3.75. The molecule has 4 nitrogen and oxygen atoms in total. The maximum Gasteiger partial charge on any atom is 0.305 e. The molecule has 76 valence electrons. The molecular weight excluding hydrogens is 204 g/mol. The molecule has 0 saturated heterocycles. The van der Waals surface area contributed by atoms with Gasteiger partial charge in [-0.2, -0.15) is 0 Å². The zero-order valence-corrected chi connectivity index (χ0v) is 8.45. The molecular formula is C9H11ClN2O2. The van der Waals surface area contributed by atoms with Crippen molar-refractivity contribution in [1.29, 1.82) is 0 Å². The summed E-state index contributed by atoms with van der Waals surface area (Å²) in [5, 5.41) is 9.05. The number of hydrogen-bond donors (Lipinski definition) is 2. The Morgan fingerprint density at radius 3 is 2.93 bits per heavy atom. The van der Waals surface area contributed by atoms with Gasteiger partial charge in [0.2, 0.25) is 0 Å². The van der Waals surface area contributed by atoms with Crippen LogP contribution in [-0.4, -0.2) is 16.1 Å². The molecule has 0 bridgehead atoms. The van der Waals surface area contributed by atoms with E-state index in [4.69, 9.17) is 22.4 Å². The van der Waals surface area contributed by atoms with Crippen LogP contribution in [0.25, 0.3) is 0 Å². The van der Waals surface area contributed by atoms with Crippen molar-refractivity contribution < 1.29 is 9.90 Å². The van der Waals surface area contributed by atoms with Crippen LogP contribution in [0.3, 0.4) is 0 Å². The fourth-order valence-corrected chi connectivity index (χ4v) is 1.58. The molecule has 0 amide bonds. The third-order valence-electron chi connectivity index (χ3n) is 1.91. The van der Waals surface area contributed by atoms with Gasteiger partial charge in [-0.05, 0) is 18.6 Å². The molecule has 0 aliphatic rings. The second-order valence-electron chi connectivity index (χ2n) is 3.34. The van der Waals surface area contributed by atoms with E-state index in [-0.39, 0.29) is 6.42 Å². The Labute approximate surface area is 86.7 Å². The van der Waals surface area contributed by atoms with E-state index in [1.165, 1.54) is 12.4 Å². The predicted molar refractivity (Wildman–Crippen MR) is 53.0 cm³/mol. The van der Waals surface area contributed by atoms with Crippen molar-refractivity contribution in [2.24, 2.45) is 5.73 Å². The number of pyridine rings is 1. The molecule has 0 aliphatic heterocycles. The Bertz CT molecular complexity index is 352. The van der Waals surface area contributed by atoms with Crippen molar-refractivity contribution >= 4 is 17.6 Å². The van der Waals surface area contributed by atoms with Gasteiger partial charge < -0.3 is 10.8 Å². The fraction of sp³-hybridized carbons (Fsp3) is 0.333. The van der Waals surface area contributed by atoms with Crippen LogP contribution in [0.4, 0.5) is 0 Å². The van der Waals surface area contributed by atoms with E-state index >= 15 is 0 Å². The van der Waals surface area contributed by atoms with Crippen molar-refractivity contribution in [3.8, 4) is 0 Å². The molecule has 3 N–H and O–H groups in total. The Kier molecular flexibility index (Phi) is 3.08. The first kappa shape index (κ1) is 10.9. The molecule has 14 heavy (non-hydrogen) atoms. The van der Waals surface area contributed by atoms with Gasteiger partial charge in [0.1, 0.15) is 0 Å². The lowest BCUT2D eigenvalue weighted by molar-refractivity contribution is -0.138. The molecule has 1 aromatic rings. The van der Waals surface area contributed by atoms with Gasteiger partial charge in [0, 0.05) is 12.4 Å². The van der Waals surface area contributed by atoms with Gasteiger partial charge in [-0.15, -0.1) is 0 Å². The second kappa shape index (κ2) is 3.94. The Morgan fingerprint density at radius 2 is 2.43 bits per heavy atom. The summed E-state index contributed by atoms with van der Waals surface area (Å²) < 4.78 is 0. The smallest absolute Gasteiger partial charge is 0.305 e. The summed E-state index contributed by atoms with van der Waals surface area (Å²) in [6.45, 7) is 1.63. The van der Waals surface area contributed by atoms with Crippen molar-refractivity contribution in [2.75, 3.05) is 0 Å². The fourth-order valence-electron chi connectivity index (χ4n) is 1.25. The highest BCUT2D eigenvalue weighted by Crippen LogP contribution is 2.27. The molecule has 0 unspecified atom stereocenters. The third-order valence-corrected chi connectivity index (χ3v) is 2.21. The molecule has 1 atom stereocenters. The molecule has 1 aromatic heterocycles. The third kappa shape index (κ3) is 2.43. The topological polar surface area (TPSA) is 76.2 Å². The first-order valence-electron chi connectivity index (χ1n) is 4.04. The Hall–Kier alpha value is -1.13. The monoisotopic (exact) mass is 214 g/mol. The first-order valence-corrected chi connectivity index (χ1v) is 4.42. The number of carbonyl (C=O) groups is 1. The number of aromatic nitrogens is 1. The zero-order valence-electron chi connectivity index (χ0n) is 7.70. The molecule has 0 saturated carbocycles. The van der Waals surface area contributed by atoms with Crippen molar-refractivity contribution in [3.63, 3.8) is 0 Å². The van der Waals surface area contributed by atoms with Crippen molar-refractivity contribution in [2.45, 2.75) is 18.9 Å². The molecule has 0 radical (unpaired) electrons. The highest BCUT2D eigenvalue weighted by Gasteiger charge is 2.26. The predicted octanol–water partition coefficient (Wildman–Crippen LogP) is 1.38. The summed E-state index contributed by atoms with van der Waals surface area (Å²) in [5.74, 6) is -0.956. The highest BCUT2D eigenvalue weighted by molar-refractivity contribution is 6.31. The van der Waals surface area contributed by atoms with E-state index in [9.17, 15) is 4.79 Å². The van der Waals surface area contributed by atoms with Gasteiger partial charge in [0.15, 0.2) is 0 Å². The van der Waals surface area contributed by atoms with Gasteiger partial charge in [-0.25, -0.2) is 0 Å². The minimum atomic E-state index is -0.966. The quantitative estimate of drug-likeness (QED) is 0.797. The standard InChI is InChI=1S/C9H11ClN2O2/c1-9(11,4-8(13)14)6-2-3-12-5-7(6)10/h2-3,5H,4,11H2,1H3,(H,13,14)/t9-/m0/s1. The lowest BCUT2D eigenvalue weighted by Gasteiger charge is -2.23. The summed E-state index contributed by atoms with van der Waals surface area (Å²) in [5.41, 5.74) is 5.47. The van der Waals surface area contributed by atoms with Gasteiger partial charge in [-0.3, -0.25) is 9.78 Å². The lowest BCUT2D eigenvalue weighted by Crippen LogP contribution is -2.35. The summed E-state index contributed by atoms with van der Waals surface area (Å²) >= 11 is 5.86. The van der Waals surface area contributed by atoms with Gasteiger partial charge in [0.25, 0.3) is 0 Å². The number of carboxylic acids is 1. The molecule has 0 aliphatic carbocycles. The van der Waals surface area contributed by atoms with E-state index in [0.717, 1.165) is 0 Å². The summed E-state index contributed by atoms with van der Waals surface area (Å²) in [6.07, 6.45) is 2.81. The van der Waals surface area contributed by atoms with E-state index in [0.29, 0.717) is 10.6 Å². The number of aliphatic carboxylic acids is 1. The van der Waals surface area contributed by atoms with Crippen LogP contribution in [0.2, 0.25) is 5.02 Å². The van der Waals surface area contributed by atoms with Crippen LogP contribution >= 0.6 is 11.6 Å².